The van der Waals surface area contributed by atoms with E-state index >= 15 is 0 Å². The summed E-state index contributed by atoms with van der Waals surface area (Å²) in [5, 5.41) is 6.69. The molecule has 0 radical (unpaired) electrons. The van der Waals surface area contributed by atoms with Crippen molar-refractivity contribution in [3.05, 3.63) is 34.3 Å². The van der Waals surface area contributed by atoms with Gasteiger partial charge < -0.3 is 10.6 Å². The standard InChI is InChI=1S/C14H22BrN3.HI/c1-10(2)11(3)18-14(16-4)17-9-12-6-5-7-13(15)8-12;/h5-8,10-11H,9H2,1-4H3,(H2,16,17,18);1H. The number of nitrogens with one attached hydrogen (secondary N) is 2. The lowest BCUT2D eigenvalue weighted by Crippen LogP contribution is -2.43. The third kappa shape index (κ3) is 7.15. The lowest BCUT2D eigenvalue weighted by atomic mass is 10.1. The number of nitrogens with zero attached hydrogens (tertiary/aromatic N) is 1. The third-order valence-corrected chi connectivity index (χ3v) is 3.43. The molecule has 5 heteroatoms. The van der Waals surface area contributed by atoms with Crippen molar-refractivity contribution in [2.24, 2.45) is 10.9 Å². The maximum Gasteiger partial charge on any atom is 0.191 e. The molecule has 1 aromatic carbocycles. The minimum absolute atomic E-state index is 0. The summed E-state index contributed by atoms with van der Waals surface area (Å²) in [5.74, 6) is 1.42. The Balaban J connectivity index is 0.00000324. The van der Waals surface area contributed by atoms with E-state index in [1.807, 2.05) is 12.1 Å². The Bertz CT molecular complexity index is 407. The summed E-state index contributed by atoms with van der Waals surface area (Å²) in [7, 11) is 1.79. The van der Waals surface area contributed by atoms with Crippen molar-refractivity contribution in [1.29, 1.82) is 0 Å². The van der Waals surface area contributed by atoms with Crippen molar-refractivity contribution in [2.45, 2.75) is 33.4 Å². The normalized spacial score (nSPS) is 12.8. The highest BCUT2D eigenvalue weighted by atomic mass is 127. The molecule has 0 aromatic heterocycles. The Morgan fingerprint density at radius 3 is 2.53 bits per heavy atom. The molecule has 108 valence electrons. The zero-order chi connectivity index (χ0) is 13.5. The maximum absolute atomic E-state index is 4.23. The molecule has 1 aromatic rings. The van der Waals surface area contributed by atoms with Crippen molar-refractivity contribution in [3.63, 3.8) is 0 Å². The van der Waals surface area contributed by atoms with Crippen molar-refractivity contribution in [1.82, 2.24) is 10.6 Å². The fraction of sp³-hybridized carbons (Fsp3) is 0.500. The lowest BCUT2D eigenvalue weighted by molar-refractivity contribution is 0.481. The van der Waals surface area contributed by atoms with Crippen LogP contribution in [0.5, 0.6) is 0 Å². The molecule has 1 unspecified atom stereocenters. The molecule has 0 saturated heterocycles. The molecule has 19 heavy (non-hydrogen) atoms. The van der Waals surface area contributed by atoms with Gasteiger partial charge in [-0.3, -0.25) is 4.99 Å². The molecule has 0 spiro atoms. The van der Waals surface area contributed by atoms with E-state index in [1.165, 1.54) is 5.56 Å². The fourth-order valence-electron chi connectivity index (χ4n) is 1.41. The van der Waals surface area contributed by atoms with Gasteiger partial charge in [-0.2, -0.15) is 0 Å². The monoisotopic (exact) mass is 439 g/mol. The van der Waals surface area contributed by atoms with Gasteiger partial charge in [-0.05, 0) is 30.5 Å². The van der Waals surface area contributed by atoms with Crippen LogP contribution in [0.15, 0.2) is 33.7 Å². The van der Waals surface area contributed by atoms with Crippen LogP contribution >= 0.6 is 39.9 Å². The lowest BCUT2D eigenvalue weighted by Gasteiger charge is -2.20. The van der Waals surface area contributed by atoms with Crippen molar-refractivity contribution in [2.75, 3.05) is 7.05 Å². The average Bonchev–Trinajstić information content (AvgIpc) is 2.34. The van der Waals surface area contributed by atoms with Crippen LogP contribution in [-0.2, 0) is 6.54 Å². The third-order valence-electron chi connectivity index (χ3n) is 2.94. The second-order valence-electron chi connectivity index (χ2n) is 4.73. The van der Waals surface area contributed by atoms with Gasteiger partial charge in [-0.25, -0.2) is 0 Å². The number of hydrogen-bond donors (Lipinski definition) is 2. The fourth-order valence-corrected chi connectivity index (χ4v) is 1.86. The molecular weight excluding hydrogens is 417 g/mol. The number of hydrogen-bond acceptors (Lipinski definition) is 1. The number of halogens is 2. The van der Waals surface area contributed by atoms with Crippen LogP contribution in [0.1, 0.15) is 26.3 Å². The van der Waals surface area contributed by atoms with E-state index in [4.69, 9.17) is 0 Å². The molecule has 3 nitrogen and oxygen atoms in total. The van der Waals surface area contributed by atoms with E-state index in [0.29, 0.717) is 12.0 Å². The van der Waals surface area contributed by atoms with Crippen LogP contribution in [0.25, 0.3) is 0 Å². The minimum Gasteiger partial charge on any atom is -0.354 e. The molecule has 1 rings (SSSR count). The van der Waals surface area contributed by atoms with Gasteiger partial charge in [-0.15, -0.1) is 24.0 Å². The summed E-state index contributed by atoms with van der Waals surface area (Å²) in [6.45, 7) is 7.32. The Kier molecular flexibility index (Phi) is 9.43. The summed E-state index contributed by atoms with van der Waals surface area (Å²) in [6, 6.07) is 8.66. The summed E-state index contributed by atoms with van der Waals surface area (Å²) in [5.41, 5.74) is 1.23. The van der Waals surface area contributed by atoms with E-state index in [0.717, 1.165) is 17.0 Å². The smallest absolute Gasteiger partial charge is 0.191 e. The van der Waals surface area contributed by atoms with Crippen molar-refractivity contribution in [3.8, 4) is 0 Å². The number of aliphatic imine (C=N–C) groups is 1. The van der Waals surface area contributed by atoms with Gasteiger partial charge in [0.25, 0.3) is 0 Å². The Hall–Kier alpha value is -0.300. The SMILES string of the molecule is CN=C(NCc1cccc(Br)c1)NC(C)C(C)C.I. The molecular formula is C14H23BrIN3. The van der Waals surface area contributed by atoms with E-state index < -0.39 is 0 Å². The molecule has 0 aliphatic heterocycles. The van der Waals surface area contributed by atoms with Gasteiger partial charge in [0.05, 0.1) is 0 Å². The van der Waals surface area contributed by atoms with Crippen LogP contribution in [-0.4, -0.2) is 19.0 Å². The first-order chi connectivity index (χ1) is 8.52. The largest absolute Gasteiger partial charge is 0.354 e. The molecule has 2 N–H and O–H groups in total. The highest BCUT2D eigenvalue weighted by Crippen LogP contribution is 2.11. The number of guanidine groups is 1. The predicted octanol–water partition coefficient (Wildman–Crippen LogP) is 3.78. The van der Waals surface area contributed by atoms with E-state index in [9.17, 15) is 0 Å². The topological polar surface area (TPSA) is 36.4 Å². The molecule has 0 bridgehead atoms. The molecule has 0 saturated carbocycles. The quantitative estimate of drug-likeness (QED) is 0.425. The van der Waals surface area contributed by atoms with Crippen molar-refractivity contribution < 1.29 is 0 Å². The summed E-state index contributed by atoms with van der Waals surface area (Å²) in [6.07, 6.45) is 0. The summed E-state index contributed by atoms with van der Waals surface area (Å²) < 4.78 is 1.10. The van der Waals surface area contributed by atoms with Gasteiger partial charge in [0.1, 0.15) is 0 Å². The van der Waals surface area contributed by atoms with Gasteiger partial charge >= 0.3 is 0 Å². The van der Waals surface area contributed by atoms with Crippen LogP contribution < -0.4 is 10.6 Å². The van der Waals surface area contributed by atoms with Gasteiger partial charge in [0.2, 0.25) is 0 Å². The number of benzene rings is 1. The maximum atomic E-state index is 4.23. The van der Waals surface area contributed by atoms with Gasteiger partial charge in [0.15, 0.2) is 5.96 Å². The van der Waals surface area contributed by atoms with E-state index in [2.05, 4.69) is 64.5 Å². The molecule has 0 amide bonds. The summed E-state index contributed by atoms with van der Waals surface area (Å²) >= 11 is 3.47. The zero-order valence-corrected chi connectivity index (χ0v) is 15.8. The Morgan fingerprint density at radius 2 is 2.00 bits per heavy atom. The first-order valence-electron chi connectivity index (χ1n) is 6.24. The molecule has 0 heterocycles. The highest BCUT2D eigenvalue weighted by molar-refractivity contribution is 14.0. The van der Waals surface area contributed by atoms with E-state index in [1.54, 1.807) is 7.05 Å². The predicted molar refractivity (Wildman–Crippen MR) is 97.2 cm³/mol. The van der Waals surface area contributed by atoms with E-state index in [-0.39, 0.29) is 24.0 Å². The highest BCUT2D eigenvalue weighted by Gasteiger charge is 2.08. The average molecular weight is 440 g/mol. The van der Waals surface area contributed by atoms with Crippen LogP contribution in [0.2, 0.25) is 0 Å². The molecule has 0 aliphatic rings. The Morgan fingerprint density at radius 1 is 1.32 bits per heavy atom. The molecule has 0 aliphatic carbocycles. The van der Waals surface area contributed by atoms with Crippen molar-refractivity contribution >= 4 is 45.9 Å². The van der Waals surface area contributed by atoms with Gasteiger partial charge in [-0.1, -0.05) is 41.9 Å². The zero-order valence-electron chi connectivity index (χ0n) is 11.9. The van der Waals surface area contributed by atoms with Crippen LogP contribution in [0.4, 0.5) is 0 Å². The summed E-state index contributed by atoms with van der Waals surface area (Å²) in [4.78, 5) is 4.23. The molecule has 0 fully saturated rings. The number of rotatable bonds is 4. The second-order valence-corrected chi connectivity index (χ2v) is 5.65. The van der Waals surface area contributed by atoms with Gasteiger partial charge in [0, 0.05) is 24.1 Å². The molecule has 1 atom stereocenters. The first kappa shape index (κ1) is 18.7. The first-order valence-corrected chi connectivity index (χ1v) is 7.04. The van der Waals surface area contributed by atoms with Crippen LogP contribution in [0, 0.1) is 5.92 Å². The Labute approximate surface area is 141 Å². The minimum atomic E-state index is 0. The second kappa shape index (κ2) is 9.58. The van der Waals surface area contributed by atoms with Crippen LogP contribution in [0.3, 0.4) is 0 Å².